The fourth-order valence-electron chi connectivity index (χ4n) is 5.92. The van der Waals surface area contributed by atoms with E-state index >= 15 is 0 Å². The second kappa shape index (κ2) is 18.4. The zero-order valence-corrected chi connectivity index (χ0v) is 30.0. The second-order valence-electron chi connectivity index (χ2n) is 11.9. The Labute approximate surface area is 303 Å². The first-order valence-electron chi connectivity index (χ1n) is 17.4. The molecule has 272 valence electrons. The number of nitrogens with zero attached hydrogens (tertiary/aromatic N) is 3. The molecule has 6 rings (SSSR count). The largest absolute Gasteiger partial charge is 0.497 e. The van der Waals surface area contributed by atoms with E-state index in [2.05, 4.69) is 5.32 Å². The Kier molecular flexibility index (Phi) is 13.2. The Morgan fingerprint density at radius 1 is 0.885 bits per heavy atom. The SMILES string of the molecule is CC.COc1ccc(CNc2nc(-c3cc(F)ccc3OCc3ccccc3)cn(C3CCCN(C(=O)OCc4ccccc4)C3)c2=O)c(OC)c1. The van der Waals surface area contributed by atoms with Crippen molar-refractivity contribution in [1.82, 2.24) is 14.5 Å². The van der Waals surface area contributed by atoms with Crippen molar-refractivity contribution in [2.75, 3.05) is 32.6 Å². The van der Waals surface area contributed by atoms with Crippen molar-refractivity contribution in [2.45, 2.75) is 52.5 Å². The van der Waals surface area contributed by atoms with Crippen molar-refractivity contribution in [1.29, 1.82) is 0 Å². The molecule has 2 heterocycles. The first kappa shape index (κ1) is 37.4. The quantitative estimate of drug-likeness (QED) is 0.138. The maximum Gasteiger partial charge on any atom is 0.410 e. The number of aromatic nitrogens is 2. The first-order valence-corrected chi connectivity index (χ1v) is 17.4. The van der Waals surface area contributed by atoms with Crippen molar-refractivity contribution >= 4 is 11.9 Å². The molecule has 5 aromatic rings. The number of hydrogen-bond donors (Lipinski definition) is 1. The fraction of sp³-hybridized carbons (Fsp3) is 0.293. The van der Waals surface area contributed by atoms with E-state index < -0.39 is 11.9 Å². The van der Waals surface area contributed by atoms with E-state index in [4.69, 9.17) is 23.9 Å². The summed E-state index contributed by atoms with van der Waals surface area (Å²) in [5.41, 5.74) is 2.93. The molecule has 1 aromatic heterocycles. The maximum atomic E-state index is 14.8. The monoisotopic (exact) mass is 708 g/mol. The second-order valence-corrected chi connectivity index (χ2v) is 11.9. The minimum atomic E-state index is -0.478. The van der Waals surface area contributed by atoms with Gasteiger partial charge in [-0.3, -0.25) is 4.79 Å². The summed E-state index contributed by atoms with van der Waals surface area (Å²) in [7, 11) is 3.13. The van der Waals surface area contributed by atoms with E-state index in [1.165, 1.54) is 12.1 Å². The highest BCUT2D eigenvalue weighted by Gasteiger charge is 2.28. The van der Waals surface area contributed by atoms with Crippen molar-refractivity contribution in [3.8, 4) is 28.5 Å². The molecule has 52 heavy (non-hydrogen) atoms. The van der Waals surface area contributed by atoms with Crippen molar-refractivity contribution in [3.05, 3.63) is 136 Å². The summed E-state index contributed by atoms with van der Waals surface area (Å²) in [5.74, 6) is 1.19. The van der Waals surface area contributed by atoms with E-state index in [0.29, 0.717) is 47.9 Å². The number of rotatable bonds is 12. The molecule has 1 fully saturated rings. The van der Waals surface area contributed by atoms with Gasteiger partial charge in [-0.2, -0.15) is 0 Å². The minimum absolute atomic E-state index is 0.0578. The highest BCUT2D eigenvalue weighted by atomic mass is 19.1. The highest BCUT2D eigenvalue weighted by Crippen LogP contribution is 2.32. The number of ether oxygens (including phenoxy) is 4. The van der Waals surface area contributed by atoms with Gasteiger partial charge in [0, 0.05) is 43.0 Å². The molecule has 1 N–H and O–H groups in total. The third kappa shape index (κ3) is 9.48. The lowest BCUT2D eigenvalue weighted by Gasteiger charge is -2.33. The Bertz CT molecular complexity index is 1970. The number of piperidine rings is 1. The number of anilines is 1. The number of amides is 1. The molecule has 0 spiro atoms. The summed E-state index contributed by atoms with van der Waals surface area (Å²) in [6.45, 7) is 5.37. The number of halogens is 1. The van der Waals surface area contributed by atoms with Crippen LogP contribution in [0, 0.1) is 5.82 Å². The average Bonchev–Trinajstić information content (AvgIpc) is 3.20. The molecule has 1 unspecified atom stereocenters. The topological polar surface area (TPSA) is 104 Å². The van der Waals surface area contributed by atoms with Crippen LogP contribution in [0.4, 0.5) is 15.0 Å². The Morgan fingerprint density at radius 3 is 2.29 bits per heavy atom. The van der Waals surface area contributed by atoms with Gasteiger partial charge in [0.2, 0.25) is 0 Å². The van der Waals surface area contributed by atoms with Crippen LogP contribution in [0.5, 0.6) is 17.2 Å². The summed E-state index contributed by atoms with van der Waals surface area (Å²) in [6, 6.07) is 28.4. The molecule has 0 bridgehead atoms. The molecule has 1 saturated heterocycles. The highest BCUT2D eigenvalue weighted by molar-refractivity contribution is 5.69. The summed E-state index contributed by atoms with van der Waals surface area (Å²) in [6.07, 6.45) is 2.46. The number of carbonyl (C=O) groups excluding carboxylic acids is 1. The van der Waals surface area contributed by atoms with Crippen LogP contribution in [0.15, 0.2) is 108 Å². The molecule has 10 nitrogen and oxygen atoms in total. The molecule has 1 atom stereocenters. The molecular weight excluding hydrogens is 663 g/mol. The van der Waals surface area contributed by atoms with Gasteiger partial charge in [-0.1, -0.05) is 74.5 Å². The van der Waals surface area contributed by atoms with Gasteiger partial charge in [-0.15, -0.1) is 0 Å². The van der Waals surface area contributed by atoms with Gasteiger partial charge in [0.25, 0.3) is 5.56 Å². The number of methoxy groups -OCH3 is 2. The number of likely N-dealkylation sites (tertiary alicyclic amines) is 1. The molecule has 11 heteroatoms. The summed E-state index contributed by atoms with van der Waals surface area (Å²) < 4.78 is 39.1. The summed E-state index contributed by atoms with van der Waals surface area (Å²) >= 11 is 0. The smallest absolute Gasteiger partial charge is 0.410 e. The molecule has 0 aliphatic carbocycles. The lowest BCUT2D eigenvalue weighted by Crippen LogP contribution is -2.43. The van der Waals surface area contributed by atoms with Crippen LogP contribution in [0.3, 0.4) is 0 Å². The van der Waals surface area contributed by atoms with Gasteiger partial charge in [-0.05, 0) is 54.3 Å². The van der Waals surface area contributed by atoms with Crippen LogP contribution < -0.4 is 25.1 Å². The van der Waals surface area contributed by atoms with Crippen LogP contribution >= 0.6 is 0 Å². The Balaban J connectivity index is 0.00000257. The molecule has 0 saturated carbocycles. The van der Waals surface area contributed by atoms with Crippen molar-refractivity contribution in [3.63, 3.8) is 0 Å². The molecule has 4 aromatic carbocycles. The van der Waals surface area contributed by atoms with Crippen LogP contribution in [-0.4, -0.2) is 47.9 Å². The van der Waals surface area contributed by atoms with Gasteiger partial charge in [-0.25, -0.2) is 14.2 Å². The third-order valence-electron chi connectivity index (χ3n) is 8.58. The molecule has 1 amide bonds. The first-order chi connectivity index (χ1) is 25.4. The lowest BCUT2D eigenvalue weighted by molar-refractivity contribution is 0.0798. The molecule has 1 aliphatic heterocycles. The zero-order valence-electron chi connectivity index (χ0n) is 30.0. The van der Waals surface area contributed by atoms with Crippen LogP contribution in [0.25, 0.3) is 11.3 Å². The van der Waals surface area contributed by atoms with Crippen LogP contribution in [-0.2, 0) is 24.5 Å². The number of nitrogens with one attached hydrogen (secondary N) is 1. The van der Waals surface area contributed by atoms with Crippen LogP contribution in [0.1, 0.15) is 49.4 Å². The fourth-order valence-corrected chi connectivity index (χ4v) is 5.92. The van der Waals surface area contributed by atoms with E-state index in [9.17, 15) is 14.0 Å². The van der Waals surface area contributed by atoms with Gasteiger partial charge in [0.15, 0.2) is 5.82 Å². The average molecular weight is 709 g/mol. The van der Waals surface area contributed by atoms with Crippen molar-refractivity contribution in [2.24, 2.45) is 0 Å². The summed E-state index contributed by atoms with van der Waals surface area (Å²) in [4.78, 5) is 33.6. The van der Waals surface area contributed by atoms with Crippen LogP contribution in [0.2, 0.25) is 0 Å². The molecular formula is C41H45FN4O6. The predicted octanol–water partition coefficient (Wildman–Crippen LogP) is 8.26. The number of carbonyl (C=O) groups is 1. The number of hydrogen-bond acceptors (Lipinski definition) is 8. The molecule has 0 radical (unpaired) electrons. The molecule has 1 aliphatic rings. The normalized spacial score (nSPS) is 13.7. The predicted molar refractivity (Wildman–Crippen MR) is 199 cm³/mol. The minimum Gasteiger partial charge on any atom is -0.497 e. The summed E-state index contributed by atoms with van der Waals surface area (Å²) in [5, 5.41) is 3.19. The lowest BCUT2D eigenvalue weighted by atomic mass is 10.1. The maximum absolute atomic E-state index is 14.8. The standard InChI is InChI=1S/C39H39FN4O6.C2H6/c1-47-32-17-15-29(36(21-32)48-2)22-41-37-38(45)44(31-14-9-19-43(23-31)39(46)50-26-28-12-7-4-8-13-28)24-34(42-37)33-20-30(40)16-18-35(33)49-25-27-10-5-3-6-11-27;1-2/h3-8,10-13,15-18,20-21,24,31H,9,14,19,22-23,25-26H2,1-2H3,(H,41,42);1-2H3. The van der Waals surface area contributed by atoms with Gasteiger partial charge < -0.3 is 33.7 Å². The Morgan fingerprint density at radius 2 is 1.60 bits per heavy atom. The third-order valence-corrected chi connectivity index (χ3v) is 8.58. The van der Waals surface area contributed by atoms with E-state index in [-0.39, 0.29) is 43.7 Å². The van der Waals surface area contributed by atoms with E-state index in [1.54, 1.807) is 48.1 Å². The Hall–Kier alpha value is -5.84. The van der Waals surface area contributed by atoms with Gasteiger partial charge in [0.1, 0.15) is 36.3 Å². The van der Waals surface area contributed by atoms with Gasteiger partial charge in [0.05, 0.1) is 26.0 Å². The van der Waals surface area contributed by atoms with Gasteiger partial charge >= 0.3 is 6.09 Å². The zero-order chi connectivity index (χ0) is 36.9. The van der Waals surface area contributed by atoms with Crippen molar-refractivity contribution < 1.29 is 28.1 Å². The van der Waals surface area contributed by atoms with E-state index in [1.807, 2.05) is 80.6 Å². The number of benzene rings is 4. The van der Waals surface area contributed by atoms with E-state index in [0.717, 1.165) is 16.7 Å².